The maximum Gasteiger partial charge on any atom is 0.341 e. The van der Waals surface area contributed by atoms with Crippen molar-refractivity contribution >= 4 is 16.9 Å². The third kappa shape index (κ3) is 3.16. The molecule has 2 atom stereocenters. The number of aliphatic hydroxyl groups excluding tert-OH is 2. The number of carbonyl (C=O) groups is 1. The number of carboxylic acid groups (broad SMARTS) is 1. The van der Waals surface area contributed by atoms with Gasteiger partial charge in [-0.25, -0.2) is 4.79 Å². The number of aliphatic hydroxyl groups is 2. The van der Waals surface area contributed by atoms with Gasteiger partial charge in [0.2, 0.25) is 5.43 Å². The van der Waals surface area contributed by atoms with Gasteiger partial charge in [-0.1, -0.05) is 6.07 Å². The van der Waals surface area contributed by atoms with Gasteiger partial charge in [-0.05, 0) is 37.7 Å². The second-order valence-corrected chi connectivity index (χ2v) is 5.05. The van der Waals surface area contributed by atoms with Gasteiger partial charge in [-0.3, -0.25) is 4.79 Å². The predicted molar refractivity (Wildman–Crippen MR) is 81.0 cm³/mol. The number of hydrogen-bond donors (Lipinski definition) is 5. The molecule has 118 valence electrons. The Morgan fingerprint density at radius 3 is 2.73 bits per heavy atom. The van der Waals surface area contributed by atoms with Crippen LogP contribution in [0.15, 0.2) is 29.2 Å². The minimum atomic E-state index is -1.32. The van der Waals surface area contributed by atoms with Crippen LogP contribution in [-0.2, 0) is 0 Å². The van der Waals surface area contributed by atoms with Crippen LogP contribution in [0.4, 0.5) is 0 Å². The quantitative estimate of drug-likeness (QED) is 0.521. The summed E-state index contributed by atoms with van der Waals surface area (Å²) in [7, 11) is 1.74. The topological polar surface area (TPSA) is 123 Å². The molecular weight excluding hydrogens is 288 g/mol. The lowest BCUT2D eigenvalue weighted by atomic mass is 9.99. The Morgan fingerprint density at radius 2 is 2.09 bits per heavy atom. The number of rotatable bonds is 6. The van der Waals surface area contributed by atoms with Crippen molar-refractivity contribution in [3.8, 4) is 0 Å². The van der Waals surface area contributed by atoms with E-state index in [4.69, 9.17) is 5.11 Å². The number of pyridine rings is 1. The van der Waals surface area contributed by atoms with E-state index in [9.17, 15) is 19.8 Å². The Labute approximate surface area is 126 Å². The van der Waals surface area contributed by atoms with Crippen molar-refractivity contribution in [3.63, 3.8) is 0 Å². The summed E-state index contributed by atoms with van der Waals surface area (Å²) in [5.74, 6) is -1.32. The number of aromatic carboxylic acids is 1. The van der Waals surface area contributed by atoms with Gasteiger partial charge in [-0.15, -0.1) is 0 Å². The predicted octanol–water partition coefficient (Wildman–Crippen LogP) is 0.230. The summed E-state index contributed by atoms with van der Waals surface area (Å²) < 4.78 is 0. The second-order valence-electron chi connectivity index (χ2n) is 5.05. The van der Waals surface area contributed by atoms with Gasteiger partial charge < -0.3 is 25.6 Å². The summed E-state index contributed by atoms with van der Waals surface area (Å²) in [5, 5.41) is 32.1. The normalized spacial score (nSPS) is 14.0. The Balaban J connectivity index is 2.43. The average Bonchev–Trinajstić information content (AvgIpc) is 2.51. The van der Waals surface area contributed by atoms with Gasteiger partial charge >= 0.3 is 5.97 Å². The van der Waals surface area contributed by atoms with Gasteiger partial charge in [-0.2, -0.15) is 0 Å². The number of hydrogen-bond acceptors (Lipinski definition) is 5. The molecule has 0 saturated carbocycles. The first-order chi connectivity index (χ1) is 10.5. The fraction of sp³-hybridized carbons (Fsp3) is 0.333. The molecule has 22 heavy (non-hydrogen) atoms. The number of aromatic nitrogens is 1. The van der Waals surface area contributed by atoms with Crippen molar-refractivity contribution in [2.45, 2.75) is 18.6 Å². The smallest absolute Gasteiger partial charge is 0.341 e. The third-order valence-corrected chi connectivity index (χ3v) is 3.53. The first-order valence-electron chi connectivity index (χ1n) is 6.85. The number of nitrogens with one attached hydrogen (secondary N) is 2. The van der Waals surface area contributed by atoms with E-state index in [-0.39, 0.29) is 10.9 Å². The molecule has 0 amide bonds. The Kier molecular flexibility index (Phi) is 4.92. The number of carboxylic acids is 1. The van der Waals surface area contributed by atoms with Crippen molar-refractivity contribution in [1.29, 1.82) is 0 Å². The number of aromatic amines is 1. The van der Waals surface area contributed by atoms with Crippen LogP contribution in [0.2, 0.25) is 0 Å². The molecule has 1 aromatic carbocycles. The van der Waals surface area contributed by atoms with E-state index in [1.165, 1.54) is 6.07 Å². The van der Waals surface area contributed by atoms with Gasteiger partial charge in [0.05, 0.1) is 6.10 Å². The van der Waals surface area contributed by atoms with Crippen LogP contribution in [0.5, 0.6) is 0 Å². The zero-order chi connectivity index (χ0) is 16.3. The number of H-pyrrole nitrogens is 1. The van der Waals surface area contributed by atoms with E-state index < -0.39 is 23.6 Å². The summed E-state index contributed by atoms with van der Waals surface area (Å²) in [6.45, 7) is 0.537. The zero-order valence-corrected chi connectivity index (χ0v) is 12.0. The van der Waals surface area contributed by atoms with E-state index in [1.807, 2.05) is 0 Å². The maximum absolute atomic E-state index is 12.1. The summed E-state index contributed by atoms with van der Waals surface area (Å²) in [4.78, 5) is 25.9. The van der Waals surface area contributed by atoms with E-state index in [2.05, 4.69) is 10.3 Å². The van der Waals surface area contributed by atoms with Crippen LogP contribution in [0, 0.1) is 0 Å². The Bertz CT molecular complexity index is 740. The number of benzene rings is 1. The monoisotopic (exact) mass is 306 g/mol. The first-order valence-corrected chi connectivity index (χ1v) is 6.85. The van der Waals surface area contributed by atoms with Gasteiger partial charge in [0.15, 0.2) is 0 Å². The van der Waals surface area contributed by atoms with Crippen LogP contribution in [0.3, 0.4) is 0 Å². The van der Waals surface area contributed by atoms with Crippen LogP contribution in [0.1, 0.15) is 28.4 Å². The Morgan fingerprint density at radius 1 is 1.36 bits per heavy atom. The molecule has 0 saturated heterocycles. The molecule has 0 bridgehead atoms. The third-order valence-electron chi connectivity index (χ3n) is 3.53. The molecule has 0 aliphatic rings. The minimum Gasteiger partial charge on any atom is -0.477 e. The van der Waals surface area contributed by atoms with E-state index >= 15 is 0 Å². The largest absolute Gasteiger partial charge is 0.477 e. The van der Waals surface area contributed by atoms with Crippen LogP contribution in [-0.4, -0.2) is 46.0 Å². The molecule has 0 spiro atoms. The lowest BCUT2D eigenvalue weighted by molar-refractivity contribution is 0.0141. The SMILES string of the molecule is CNCCC(O)C(O)c1ccc2[nH]cc(C(=O)O)c(=O)c2c1. The van der Waals surface area contributed by atoms with Gasteiger partial charge in [0.1, 0.15) is 11.7 Å². The van der Waals surface area contributed by atoms with Crippen molar-refractivity contribution < 1.29 is 20.1 Å². The molecule has 5 N–H and O–H groups in total. The number of fused-ring (bicyclic) bond motifs is 1. The maximum atomic E-state index is 12.1. The summed E-state index contributed by atoms with van der Waals surface area (Å²) in [6.07, 6.45) is -0.635. The highest BCUT2D eigenvalue weighted by molar-refractivity contribution is 5.92. The molecule has 7 heteroatoms. The lowest BCUT2D eigenvalue weighted by Gasteiger charge is -2.18. The molecule has 0 radical (unpaired) electrons. The van der Waals surface area contributed by atoms with Crippen LogP contribution in [0.25, 0.3) is 10.9 Å². The fourth-order valence-corrected chi connectivity index (χ4v) is 2.25. The van der Waals surface area contributed by atoms with Gasteiger partial charge in [0, 0.05) is 17.1 Å². The molecule has 7 nitrogen and oxygen atoms in total. The molecule has 1 aromatic heterocycles. The van der Waals surface area contributed by atoms with Crippen LogP contribution < -0.4 is 10.7 Å². The Hall–Kier alpha value is -2.22. The van der Waals surface area contributed by atoms with E-state index in [0.717, 1.165) is 6.20 Å². The van der Waals surface area contributed by atoms with E-state index in [1.54, 1.807) is 19.2 Å². The van der Waals surface area contributed by atoms with Crippen molar-refractivity contribution in [1.82, 2.24) is 10.3 Å². The molecule has 1 heterocycles. The van der Waals surface area contributed by atoms with Crippen LogP contribution >= 0.6 is 0 Å². The van der Waals surface area contributed by atoms with E-state index in [0.29, 0.717) is 24.0 Å². The molecule has 2 rings (SSSR count). The summed E-state index contributed by atoms with van der Waals surface area (Å²) in [5.41, 5.74) is -0.158. The molecule has 2 unspecified atom stereocenters. The van der Waals surface area contributed by atoms with Crippen molar-refractivity contribution in [2.75, 3.05) is 13.6 Å². The molecule has 0 fully saturated rings. The van der Waals surface area contributed by atoms with Crippen molar-refractivity contribution in [2.24, 2.45) is 0 Å². The molecule has 0 aliphatic carbocycles. The molecule has 0 aliphatic heterocycles. The van der Waals surface area contributed by atoms with Crippen molar-refractivity contribution in [3.05, 3.63) is 45.7 Å². The highest BCUT2D eigenvalue weighted by Crippen LogP contribution is 2.21. The standard InChI is InChI=1S/C15H18N2O5/c1-16-5-4-12(18)13(19)8-2-3-11-9(6-8)14(20)10(7-17-11)15(21)22/h2-3,6-7,12-13,16,18-19H,4-5H2,1H3,(H,17,20)(H,21,22). The average molecular weight is 306 g/mol. The first kappa shape index (κ1) is 16.2. The fourth-order valence-electron chi connectivity index (χ4n) is 2.25. The molecular formula is C15H18N2O5. The lowest BCUT2D eigenvalue weighted by Crippen LogP contribution is -2.23. The summed E-state index contributed by atoms with van der Waals surface area (Å²) in [6, 6.07) is 4.57. The van der Waals surface area contributed by atoms with Gasteiger partial charge in [0.25, 0.3) is 0 Å². The highest BCUT2D eigenvalue weighted by Gasteiger charge is 2.19. The zero-order valence-electron chi connectivity index (χ0n) is 12.0. The minimum absolute atomic E-state index is 0.164. The second kappa shape index (κ2) is 6.69. The molecule has 2 aromatic rings. The highest BCUT2D eigenvalue weighted by atomic mass is 16.4. The summed E-state index contributed by atoms with van der Waals surface area (Å²) >= 11 is 0.